The molecule has 0 fully saturated rings. The highest BCUT2D eigenvalue weighted by Gasteiger charge is 2.47. The predicted molar refractivity (Wildman–Crippen MR) is 224 cm³/mol. The molecule has 2 aliphatic rings. The average molecular weight is 696 g/mol. The van der Waals surface area contributed by atoms with Crippen LogP contribution in [-0.4, -0.2) is 5.84 Å². The molecule has 0 aliphatic heterocycles. The number of benzene rings is 7. The zero-order chi connectivity index (χ0) is 36.3. The van der Waals surface area contributed by atoms with Crippen LogP contribution in [0.15, 0.2) is 211 Å². The Hall–Kier alpha value is -6.55. The number of nitrogens with two attached hydrogens (primary N) is 1. The van der Waals surface area contributed by atoms with Crippen molar-refractivity contribution in [2.24, 2.45) is 10.8 Å². The fraction of sp³-hybridized carbons (Fsp3) is 0.0784. The van der Waals surface area contributed by atoms with Gasteiger partial charge in [0.15, 0.2) is 0 Å². The van der Waals surface area contributed by atoms with E-state index < -0.39 is 0 Å². The van der Waals surface area contributed by atoms with E-state index in [0.717, 1.165) is 40.7 Å². The van der Waals surface area contributed by atoms with Gasteiger partial charge < -0.3 is 5.43 Å². The summed E-state index contributed by atoms with van der Waals surface area (Å²) in [4.78, 5) is 5.20. The van der Waals surface area contributed by atoms with Gasteiger partial charge in [-0.25, -0.2) is 5.84 Å². The molecule has 7 aromatic rings. The summed E-state index contributed by atoms with van der Waals surface area (Å²) in [6.07, 6.45) is 8.96. The first-order valence-electron chi connectivity index (χ1n) is 18.8. The molecule has 0 radical (unpaired) electrons. The Morgan fingerprint density at radius 2 is 1.17 bits per heavy atom. The molecule has 9 rings (SSSR count). The van der Waals surface area contributed by atoms with E-state index in [4.69, 9.17) is 10.8 Å². The maximum atomic E-state index is 6.07. The molecule has 3 nitrogen and oxygen atoms in total. The Morgan fingerprint density at radius 3 is 1.89 bits per heavy atom. The van der Waals surface area contributed by atoms with Gasteiger partial charge in [0.05, 0.1) is 5.41 Å². The molecule has 0 saturated carbocycles. The summed E-state index contributed by atoms with van der Waals surface area (Å²) >= 11 is 0. The van der Waals surface area contributed by atoms with Gasteiger partial charge in [-0.05, 0) is 92.2 Å². The van der Waals surface area contributed by atoms with Gasteiger partial charge in [-0.1, -0.05) is 188 Å². The maximum absolute atomic E-state index is 6.07. The molecule has 2 aliphatic carbocycles. The molecule has 3 heteroatoms. The zero-order valence-corrected chi connectivity index (χ0v) is 30.1. The van der Waals surface area contributed by atoms with Crippen molar-refractivity contribution in [1.29, 1.82) is 0 Å². The van der Waals surface area contributed by atoms with Crippen LogP contribution in [0, 0.1) is 0 Å². The highest BCUT2D eigenvalue weighted by atomic mass is 15.3. The highest BCUT2D eigenvalue weighted by molar-refractivity contribution is 5.98. The molecule has 0 spiro atoms. The van der Waals surface area contributed by atoms with Gasteiger partial charge in [-0.15, -0.1) is 0 Å². The van der Waals surface area contributed by atoms with Crippen LogP contribution in [-0.2, 0) is 5.41 Å². The van der Waals surface area contributed by atoms with Gasteiger partial charge in [-0.3, -0.25) is 4.99 Å². The molecular formula is C51H41N3. The van der Waals surface area contributed by atoms with Crippen LogP contribution in [0.4, 0.5) is 0 Å². The normalized spacial score (nSPS) is 16.6. The van der Waals surface area contributed by atoms with Crippen LogP contribution in [0.1, 0.15) is 52.3 Å². The van der Waals surface area contributed by atoms with E-state index in [1.165, 1.54) is 44.5 Å². The number of hydrazine groups is 1. The van der Waals surface area contributed by atoms with Gasteiger partial charge in [0.1, 0.15) is 11.9 Å². The van der Waals surface area contributed by atoms with Crippen LogP contribution >= 0.6 is 0 Å². The predicted octanol–water partition coefficient (Wildman–Crippen LogP) is 11.6. The first kappa shape index (κ1) is 33.3. The molecule has 54 heavy (non-hydrogen) atoms. The third-order valence-electron chi connectivity index (χ3n) is 11.0. The van der Waals surface area contributed by atoms with E-state index >= 15 is 0 Å². The lowest BCUT2D eigenvalue weighted by Gasteiger charge is -2.37. The summed E-state index contributed by atoms with van der Waals surface area (Å²) < 4.78 is 0. The highest BCUT2D eigenvalue weighted by Crippen LogP contribution is 2.58. The van der Waals surface area contributed by atoms with E-state index in [2.05, 4.69) is 169 Å². The van der Waals surface area contributed by atoms with Crippen molar-refractivity contribution in [3.05, 3.63) is 239 Å². The number of fused-ring (bicyclic) bond motifs is 3. The molecule has 2 atom stereocenters. The first-order valence-corrected chi connectivity index (χ1v) is 18.8. The van der Waals surface area contributed by atoms with E-state index in [0.29, 0.717) is 5.84 Å². The Labute approximate surface area is 317 Å². The Bertz CT molecular complexity index is 2530. The fourth-order valence-corrected chi connectivity index (χ4v) is 8.57. The molecule has 0 amide bonds. The van der Waals surface area contributed by atoms with Gasteiger partial charge in [0.25, 0.3) is 0 Å². The third-order valence-corrected chi connectivity index (χ3v) is 11.0. The third kappa shape index (κ3) is 5.89. The van der Waals surface area contributed by atoms with Crippen molar-refractivity contribution in [2.45, 2.75) is 24.3 Å². The van der Waals surface area contributed by atoms with Crippen molar-refractivity contribution in [3.8, 4) is 33.4 Å². The van der Waals surface area contributed by atoms with Crippen molar-refractivity contribution < 1.29 is 0 Å². The summed E-state index contributed by atoms with van der Waals surface area (Å²) in [7, 11) is 0. The second-order valence-corrected chi connectivity index (χ2v) is 14.1. The van der Waals surface area contributed by atoms with Crippen LogP contribution < -0.4 is 11.3 Å². The number of aliphatic imine (C=N–C) groups is 1. The minimum absolute atomic E-state index is 0.256. The minimum atomic E-state index is -0.357. The van der Waals surface area contributed by atoms with Crippen LogP contribution in [0.5, 0.6) is 0 Å². The topological polar surface area (TPSA) is 50.4 Å². The first-order chi connectivity index (χ1) is 26.7. The molecule has 2 unspecified atom stereocenters. The van der Waals surface area contributed by atoms with Crippen molar-refractivity contribution in [1.82, 2.24) is 5.43 Å². The summed E-state index contributed by atoms with van der Waals surface area (Å²) in [5.74, 6) is 6.71. The van der Waals surface area contributed by atoms with Crippen LogP contribution in [0.25, 0.3) is 33.4 Å². The van der Waals surface area contributed by atoms with E-state index in [-0.39, 0.29) is 11.5 Å². The minimum Gasteiger partial charge on any atom is -0.308 e. The molecule has 0 saturated heterocycles. The Kier molecular flexibility index (Phi) is 8.92. The largest absolute Gasteiger partial charge is 0.308 e. The molecular weight excluding hydrogens is 655 g/mol. The Morgan fingerprint density at radius 1 is 0.556 bits per heavy atom. The number of hydrogen-bond donors (Lipinski definition) is 2. The molecule has 0 heterocycles. The second kappa shape index (κ2) is 14.5. The number of amidine groups is 1. The van der Waals surface area contributed by atoms with Gasteiger partial charge in [0.2, 0.25) is 0 Å². The van der Waals surface area contributed by atoms with E-state index in [1.807, 2.05) is 36.4 Å². The lowest BCUT2D eigenvalue weighted by Crippen LogP contribution is -2.31. The fourth-order valence-electron chi connectivity index (χ4n) is 8.57. The molecule has 0 aromatic heterocycles. The van der Waals surface area contributed by atoms with Crippen molar-refractivity contribution in [2.75, 3.05) is 0 Å². The summed E-state index contributed by atoms with van der Waals surface area (Å²) in [5, 5.41) is 0. The smallest absolute Gasteiger partial charge is 0.143 e. The summed E-state index contributed by atoms with van der Waals surface area (Å²) in [6.45, 7) is 0. The van der Waals surface area contributed by atoms with Crippen molar-refractivity contribution >= 4 is 5.84 Å². The second-order valence-electron chi connectivity index (χ2n) is 14.1. The van der Waals surface area contributed by atoms with Gasteiger partial charge in [-0.2, -0.15) is 0 Å². The van der Waals surface area contributed by atoms with Gasteiger partial charge >= 0.3 is 0 Å². The number of hydrogen-bond acceptors (Lipinski definition) is 2. The lowest BCUT2D eigenvalue weighted by molar-refractivity contribution is 0.693. The molecule has 0 bridgehead atoms. The molecule has 7 aromatic carbocycles. The average Bonchev–Trinajstić information content (AvgIpc) is 3.56. The van der Waals surface area contributed by atoms with Crippen LogP contribution in [0.2, 0.25) is 0 Å². The monoisotopic (exact) mass is 695 g/mol. The lowest BCUT2D eigenvalue weighted by atomic mass is 9.65. The summed E-state index contributed by atoms with van der Waals surface area (Å²) in [6, 6.07) is 65.1. The summed E-state index contributed by atoms with van der Waals surface area (Å²) in [5.41, 5.74) is 18.4. The number of nitrogens with zero attached hydrogens (tertiary/aromatic N) is 1. The van der Waals surface area contributed by atoms with Crippen molar-refractivity contribution in [3.63, 3.8) is 0 Å². The maximum Gasteiger partial charge on any atom is 0.143 e. The zero-order valence-electron chi connectivity index (χ0n) is 30.1. The number of rotatable bonds is 8. The molecule has 3 N–H and O–H groups in total. The number of nitrogens with one attached hydrogen (secondary N) is 1. The standard InChI is InChI=1S/C51H41N3/c52-54-50(37-19-7-2-8-20-37)53-49(36-17-5-1-6-18-36)42-24-16-23-40(34-42)38-21-15-22-39(33-38)41-31-32-46-45-29-13-14-30-47(45)51(48(46)35-41,43-25-9-3-10-26-43)44-27-11-4-12-28-44/h1-11,13-27,29-35,49H,12,28,52H2,(H,53,54). The number of allylic oxidation sites excluding steroid dienone is 4. The van der Waals surface area contributed by atoms with E-state index in [9.17, 15) is 0 Å². The molecule has 260 valence electrons. The Balaban J connectivity index is 1.15. The van der Waals surface area contributed by atoms with E-state index in [1.54, 1.807) is 0 Å². The SMILES string of the molecule is NN/C(=N\C(c1ccccc1)c1cccc(-c2cccc(-c3ccc4c(c3)C(C3=CC=CCC3)(c3ccccc3)c3ccccc3-4)c2)c1)c1ccccc1. The quantitative estimate of drug-likeness (QED) is 0.0720. The van der Waals surface area contributed by atoms with Gasteiger partial charge in [0, 0.05) is 5.56 Å². The van der Waals surface area contributed by atoms with Crippen LogP contribution in [0.3, 0.4) is 0 Å².